The molecule has 2 nitrogen and oxygen atoms in total. The van der Waals surface area contributed by atoms with Crippen molar-refractivity contribution < 1.29 is 4.74 Å². The van der Waals surface area contributed by atoms with Crippen molar-refractivity contribution in [2.45, 2.75) is 25.9 Å². The average molecular weight is 190 g/mol. The Morgan fingerprint density at radius 2 is 2.00 bits per heavy atom. The number of morpholine rings is 1. The van der Waals surface area contributed by atoms with Gasteiger partial charge in [0.05, 0.1) is 13.2 Å². The van der Waals surface area contributed by atoms with E-state index < -0.39 is 0 Å². The third kappa shape index (κ3) is 2.47. The zero-order valence-electron chi connectivity index (χ0n) is 7.72. The molecule has 0 amide bonds. The van der Waals surface area contributed by atoms with Crippen molar-refractivity contribution in [3.8, 4) is 0 Å². The molecule has 1 fully saturated rings. The van der Waals surface area contributed by atoms with E-state index >= 15 is 0 Å². The molecule has 1 aliphatic rings. The van der Waals surface area contributed by atoms with E-state index in [2.05, 4.69) is 25.3 Å². The Balaban J connectivity index is 2.50. The Kier molecular flexibility index (Phi) is 3.56. The fraction of sp³-hybridized carbons (Fsp3) is 0.778. The molecule has 0 N–H and O–H groups in total. The SMILES string of the molecule is C=C(Cl)CN1C(C)COCC1C. The lowest BCUT2D eigenvalue weighted by molar-refractivity contribution is -0.0310. The van der Waals surface area contributed by atoms with E-state index in [0.717, 1.165) is 19.8 Å². The molecule has 0 aliphatic carbocycles. The molecule has 0 aromatic heterocycles. The van der Waals surface area contributed by atoms with E-state index in [1.165, 1.54) is 0 Å². The summed E-state index contributed by atoms with van der Waals surface area (Å²) in [5, 5.41) is 0.704. The molecule has 1 rings (SSSR count). The highest BCUT2D eigenvalue weighted by atomic mass is 35.5. The maximum absolute atomic E-state index is 5.76. The van der Waals surface area contributed by atoms with Gasteiger partial charge >= 0.3 is 0 Å². The summed E-state index contributed by atoms with van der Waals surface area (Å²) in [5.41, 5.74) is 0. The lowest BCUT2D eigenvalue weighted by atomic mass is 10.2. The zero-order valence-corrected chi connectivity index (χ0v) is 8.47. The second kappa shape index (κ2) is 4.26. The molecule has 2 unspecified atom stereocenters. The predicted octanol–water partition coefficient (Wildman–Crippen LogP) is 1.85. The molecule has 0 bridgehead atoms. The molecule has 1 saturated heterocycles. The molecule has 0 aromatic carbocycles. The summed E-state index contributed by atoms with van der Waals surface area (Å²) >= 11 is 5.76. The molecule has 2 atom stereocenters. The van der Waals surface area contributed by atoms with Gasteiger partial charge in [-0.3, -0.25) is 4.90 Å². The fourth-order valence-corrected chi connectivity index (χ4v) is 1.68. The number of halogens is 1. The van der Waals surface area contributed by atoms with Gasteiger partial charge in [-0.1, -0.05) is 18.2 Å². The maximum Gasteiger partial charge on any atom is 0.0620 e. The van der Waals surface area contributed by atoms with Gasteiger partial charge in [-0.15, -0.1) is 0 Å². The summed E-state index contributed by atoms with van der Waals surface area (Å²) in [5.74, 6) is 0. The third-order valence-electron chi connectivity index (χ3n) is 2.20. The highest BCUT2D eigenvalue weighted by Crippen LogP contribution is 2.15. The minimum absolute atomic E-state index is 0.448. The lowest BCUT2D eigenvalue weighted by Crippen LogP contribution is -2.49. The van der Waals surface area contributed by atoms with Crippen molar-refractivity contribution >= 4 is 11.6 Å². The van der Waals surface area contributed by atoms with E-state index in [1.807, 2.05) is 0 Å². The van der Waals surface area contributed by atoms with Crippen molar-refractivity contribution in [2.24, 2.45) is 0 Å². The van der Waals surface area contributed by atoms with Crippen LogP contribution >= 0.6 is 11.6 Å². The molecule has 0 saturated carbocycles. The molecule has 0 radical (unpaired) electrons. The molecule has 3 heteroatoms. The van der Waals surface area contributed by atoms with Crippen molar-refractivity contribution in [3.05, 3.63) is 11.6 Å². The van der Waals surface area contributed by atoms with E-state index in [9.17, 15) is 0 Å². The Labute approximate surface area is 79.1 Å². The van der Waals surface area contributed by atoms with Crippen molar-refractivity contribution in [2.75, 3.05) is 19.8 Å². The van der Waals surface area contributed by atoms with Gasteiger partial charge in [0.15, 0.2) is 0 Å². The number of rotatable bonds is 2. The molecule has 1 aliphatic heterocycles. The summed E-state index contributed by atoms with van der Waals surface area (Å²) in [4.78, 5) is 2.32. The van der Waals surface area contributed by atoms with Gasteiger partial charge in [0.2, 0.25) is 0 Å². The first kappa shape index (κ1) is 10.0. The molecule has 0 aromatic rings. The van der Waals surface area contributed by atoms with Crippen LogP contribution in [-0.2, 0) is 4.74 Å². The van der Waals surface area contributed by atoms with Gasteiger partial charge in [0.1, 0.15) is 0 Å². The summed E-state index contributed by atoms with van der Waals surface area (Å²) in [6.07, 6.45) is 0. The Morgan fingerprint density at radius 3 is 2.42 bits per heavy atom. The second-order valence-corrected chi connectivity index (χ2v) is 3.96. The number of ether oxygens (including phenoxy) is 1. The number of hydrogen-bond donors (Lipinski definition) is 0. The Hall–Kier alpha value is -0.0500. The van der Waals surface area contributed by atoms with Gasteiger partial charge in [0, 0.05) is 23.7 Å². The topological polar surface area (TPSA) is 12.5 Å². The normalized spacial score (nSPS) is 31.9. The first-order valence-electron chi connectivity index (χ1n) is 4.28. The standard InChI is InChI=1S/C9H16ClNO/c1-7(10)4-11-8(2)5-12-6-9(11)3/h8-9H,1,4-6H2,2-3H3. The number of hydrogen-bond acceptors (Lipinski definition) is 2. The highest BCUT2D eigenvalue weighted by Gasteiger charge is 2.24. The largest absolute Gasteiger partial charge is 0.378 e. The van der Waals surface area contributed by atoms with E-state index in [4.69, 9.17) is 16.3 Å². The van der Waals surface area contributed by atoms with Crippen LogP contribution in [-0.4, -0.2) is 36.7 Å². The molecular weight excluding hydrogens is 174 g/mol. The third-order valence-corrected chi connectivity index (χ3v) is 2.32. The first-order chi connectivity index (χ1) is 5.61. The minimum Gasteiger partial charge on any atom is -0.378 e. The van der Waals surface area contributed by atoms with Gasteiger partial charge in [-0.2, -0.15) is 0 Å². The van der Waals surface area contributed by atoms with Crippen LogP contribution in [0.5, 0.6) is 0 Å². The van der Waals surface area contributed by atoms with Gasteiger partial charge in [0.25, 0.3) is 0 Å². The van der Waals surface area contributed by atoms with Crippen LogP contribution in [0.25, 0.3) is 0 Å². The maximum atomic E-state index is 5.76. The van der Waals surface area contributed by atoms with Crippen LogP contribution in [0.15, 0.2) is 11.6 Å². The molecular formula is C9H16ClNO. The summed E-state index contributed by atoms with van der Waals surface area (Å²) in [6, 6.07) is 0.897. The van der Waals surface area contributed by atoms with E-state index in [-0.39, 0.29) is 0 Å². The monoisotopic (exact) mass is 189 g/mol. The van der Waals surface area contributed by atoms with Crippen LogP contribution < -0.4 is 0 Å². The van der Waals surface area contributed by atoms with Gasteiger partial charge in [-0.25, -0.2) is 0 Å². The average Bonchev–Trinajstić information content (AvgIpc) is 1.97. The van der Waals surface area contributed by atoms with Gasteiger partial charge < -0.3 is 4.74 Å². The summed E-state index contributed by atoms with van der Waals surface area (Å²) < 4.78 is 5.39. The quantitative estimate of drug-likeness (QED) is 0.658. The highest BCUT2D eigenvalue weighted by molar-refractivity contribution is 6.29. The molecule has 12 heavy (non-hydrogen) atoms. The van der Waals surface area contributed by atoms with Crippen LogP contribution in [0.3, 0.4) is 0 Å². The first-order valence-corrected chi connectivity index (χ1v) is 4.66. The van der Waals surface area contributed by atoms with Crippen LogP contribution in [0.1, 0.15) is 13.8 Å². The molecule has 0 spiro atoms. The second-order valence-electron chi connectivity index (χ2n) is 3.43. The van der Waals surface area contributed by atoms with Crippen molar-refractivity contribution in [1.82, 2.24) is 4.90 Å². The zero-order chi connectivity index (χ0) is 9.14. The number of nitrogens with zero attached hydrogens (tertiary/aromatic N) is 1. The summed E-state index contributed by atoms with van der Waals surface area (Å²) in [7, 11) is 0. The molecule has 1 heterocycles. The smallest absolute Gasteiger partial charge is 0.0620 e. The Bertz CT molecular complexity index is 162. The van der Waals surface area contributed by atoms with E-state index in [0.29, 0.717) is 17.1 Å². The van der Waals surface area contributed by atoms with Crippen molar-refractivity contribution in [3.63, 3.8) is 0 Å². The van der Waals surface area contributed by atoms with Gasteiger partial charge in [-0.05, 0) is 13.8 Å². The lowest BCUT2D eigenvalue weighted by Gasteiger charge is -2.38. The van der Waals surface area contributed by atoms with E-state index in [1.54, 1.807) is 0 Å². The van der Waals surface area contributed by atoms with Crippen LogP contribution in [0.4, 0.5) is 0 Å². The predicted molar refractivity (Wildman–Crippen MR) is 51.4 cm³/mol. The van der Waals surface area contributed by atoms with Crippen LogP contribution in [0, 0.1) is 0 Å². The Morgan fingerprint density at radius 1 is 1.50 bits per heavy atom. The van der Waals surface area contributed by atoms with Crippen LogP contribution in [0.2, 0.25) is 0 Å². The summed E-state index contributed by atoms with van der Waals surface area (Å²) in [6.45, 7) is 10.4. The molecule has 70 valence electrons. The minimum atomic E-state index is 0.448. The fourth-order valence-electron chi connectivity index (χ4n) is 1.54. The van der Waals surface area contributed by atoms with Crippen molar-refractivity contribution in [1.29, 1.82) is 0 Å².